The Balaban J connectivity index is 1.68. The van der Waals surface area contributed by atoms with Gasteiger partial charge >= 0.3 is 0 Å². The van der Waals surface area contributed by atoms with E-state index in [4.69, 9.17) is 4.74 Å². The lowest BCUT2D eigenvalue weighted by atomic mass is 10.0. The van der Waals surface area contributed by atoms with Crippen molar-refractivity contribution in [3.05, 3.63) is 34.9 Å². The van der Waals surface area contributed by atoms with Crippen LogP contribution in [0.25, 0.3) is 0 Å². The van der Waals surface area contributed by atoms with Gasteiger partial charge in [0.1, 0.15) is 0 Å². The smallest absolute Gasteiger partial charge is 0.193 e. The zero-order valence-corrected chi connectivity index (χ0v) is 15.1. The van der Waals surface area contributed by atoms with Crippen LogP contribution in [0.2, 0.25) is 0 Å². The van der Waals surface area contributed by atoms with Crippen LogP contribution in [0, 0.1) is 19.8 Å². The largest absolute Gasteiger partial charge is 0.379 e. The molecule has 1 aliphatic carbocycles. The molecule has 0 aromatic heterocycles. The average molecular weight is 317 g/mol. The molecule has 0 atom stereocenters. The summed E-state index contributed by atoms with van der Waals surface area (Å²) in [5.41, 5.74) is 4.08. The van der Waals surface area contributed by atoms with Crippen LogP contribution in [-0.2, 0) is 11.2 Å². The molecule has 2 rings (SSSR count). The molecule has 0 saturated heterocycles. The molecular formula is C19H31N3O. The molecule has 0 unspecified atom stereocenters. The number of rotatable bonds is 8. The number of ether oxygens (including phenoxy) is 1. The summed E-state index contributed by atoms with van der Waals surface area (Å²) < 4.78 is 5.70. The van der Waals surface area contributed by atoms with E-state index in [-0.39, 0.29) is 0 Å². The molecule has 0 spiro atoms. The van der Waals surface area contributed by atoms with Crippen molar-refractivity contribution in [1.82, 2.24) is 10.2 Å². The second kappa shape index (κ2) is 8.92. The van der Waals surface area contributed by atoms with Crippen molar-refractivity contribution in [2.24, 2.45) is 10.9 Å². The molecule has 128 valence electrons. The van der Waals surface area contributed by atoms with E-state index in [0.717, 1.165) is 44.6 Å². The second-order valence-corrected chi connectivity index (χ2v) is 6.59. The van der Waals surface area contributed by atoms with Crippen molar-refractivity contribution in [3.63, 3.8) is 0 Å². The van der Waals surface area contributed by atoms with Crippen LogP contribution in [-0.4, -0.2) is 51.3 Å². The van der Waals surface area contributed by atoms with Gasteiger partial charge in [-0.15, -0.1) is 0 Å². The number of hydrogen-bond acceptors (Lipinski definition) is 2. The molecule has 1 aromatic carbocycles. The lowest BCUT2D eigenvalue weighted by Gasteiger charge is -2.22. The first-order valence-corrected chi connectivity index (χ1v) is 8.66. The Morgan fingerprint density at radius 2 is 2.13 bits per heavy atom. The summed E-state index contributed by atoms with van der Waals surface area (Å²) in [6, 6.07) is 6.65. The molecule has 4 heteroatoms. The summed E-state index contributed by atoms with van der Waals surface area (Å²) in [7, 11) is 3.90. The van der Waals surface area contributed by atoms with Gasteiger partial charge in [0.05, 0.1) is 6.61 Å². The Labute approximate surface area is 140 Å². The number of guanidine groups is 1. The predicted octanol–water partition coefficient (Wildman–Crippen LogP) is 2.78. The van der Waals surface area contributed by atoms with Gasteiger partial charge in [-0.3, -0.25) is 4.99 Å². The van der Waals surface area contributed by atoms with Crippen LogP contribution in [0.4, 0.5) is 0 Å². The van der Waals surface area contributed by atoms with Crippen molar-refractivity contribution in [3.8, 4) is 0 Å². The van der Waals surface area contributed by atoms with E-state index in [2.05, 4.69) is 54.3 Å². The minimum absolute atomic E-state index is 0.769. The molecule has 0 aliphatic heterocycles. The lowest BCUT2D eigenvalue weighted by Crippen LogP contribution is -2.41. The van der Waals surface area contributed by atoms with Crippen LogP contribution >= 0.6 is 0 Å². The summed E-state index contributed by atoms with van der Waals surface area (Å²) in [5, 5.41) is 3.44. The van der Waals surface area contributed by atoms with E-state index < -0.39 is 0 Å². The topological polar surface area (TPSA) is 36.9 Å². The molecule has 23 heavy (non-hydrogen) atoms. The van der Waals surface area contributed by atoms with Crippen LogP contribution in [0.3, 0.4) is 0 Å². The highest BCUT2D eigenvalue weighted by Crippen LogP contribution is 2.28. The molecule has 1 fully saturated rings. The first kappa shape index (κ1) is 17.8. The van der Waals surface area contributed by atoms with Crippen LogP contribution in [0.5, 0.6) is 0 Å². The highest BCUT2D eigenvalue weighted by molar-refractivity contribution is 5.79. The molecule has 0 radical (unpaired) electrons. The lowest BCUT2D eigenvalue weighted by molar-refractivity contribution is 0.115. The Bertz CT molecular complexity index is 523. The SMILES string of the molecule is CN=C(NCCc1ccc(C)cc1C)N(C)CCOCC1CC1. The third kappa shape index (κ3) is 6.22. The fourth-order valence-electron chi connectivity index (χ4n) is 2.66. The Morgan fingerprint density at radius 3 is 2.78 bits per heavy atom. The van der Waals surface area contributed by atoms with E-state index in [1.165, 1.54) is 29.5 Å². The van der Waals surface area contributed by atoms with Crippen molar-refractivity contribution >= 4 is 5.96 Å². The average Bonchev–Trinajstić information content (AvgIpc) is 3.34. The zero-order chi connectivity index (χ0) is 16.7. The monoisotopic (exact) mass is 317 g/mol. The first-order valence-electron chi connectivity index (χ1n) is 8.66. The fourth-order valence-corrected chi connectivity index (χ4v) is 2.66. The third-order valence-corrected chi connectivity index (χ3v) is 4.37. The van der Waals surface area contributed by atoms with Gasteiger partial charge in [0, 0.05) is 33.8 Å². The van der Waals surface area contributed by atoms with Gasteiger partial charge in [-0.25, -0.2) is 0 Å². The quantitative estimate of drug-likeness (QED) is 0.455. The summed E-state index contributed by atoms with van der Waals surface area (Å²) in [6.45, 7) is 7.77. The molecule has 0 heterocycles. The normalized spacial score (nSPS) is 14.9. The number of benzene rings is 1. The maximum Gasteiger partial charge on any atom is 0.193 e. The number of aryl methyl sites for hydroxylation is 2. The molecule has 1 aromatic rings. The summed E-state index contributed by atoms with van der Waals surface area (Å²) in [4.78, 5) is 6.49. The van der Waals surface area contributed by atoms with Gasteiger partial charge in [0.25, 0.3) is 0 Å². The molecule has 1 aliphatic rings. The van der Waals surface area contributed by atoms with E-state index >= 15 is 0 Å². The van der Waals surface area contributed by atoms with E-state index in [9.17, 15) is 0 Å². The van der Waals surface area contributed by atoms with Crippen molar-refractivity contribution in [1.29, 1.82) is 0 Å². The van der Waals surface area contributed by atoms with Gasteiger partial charge < -0.3 is 15.0 Å². The Hall–Kier alpha value is -1.55. The number of nitrogens with zero attached hydrogens (tertiary/aromatic N) is 2. The number of hydrogen-bond donors (Lipinski definition) is 1. The number of likely N-dealkylation sites (N-methyl/N-ethyl adjacent to an activating group) is 1. The zero-order valence-electron chi connectivity index (χ0n) is 15.1. The molecule has 0 bridgehead atoms. The van der Waals surface area contributed by atoms with Gasteiger partial charge in [0.2, 0.25) is 0 Å². The number of nitrogens with one attached hydrogen (secondary N) is 1. The van der Waals surface area contributed by atoms with Crippen molar-refractivity contribution in [2.75, 3.05) is 40.4 Å². The summed E-state index contributed by atoms with van der Waals surface area (Å²) in [5.74, 6) is 1.76. The molecule has 0 amide bonds. The van der Waals surface area contributed by atoms with Gasteiger partial charge in [-0.2, -0.15) is 0 Å². The minimum atomic E-state index is 0.769. The van der Waals surface area contributed by atoms with Crippen LogP contribution in [0.1, 0.15) is 29.5 Å². The third-order valence-electron chi connectivity index (χ3n) is 4.37. The van der Waals surface area contributed by atoms with Crippen LogP contribution < -0.4 is 5.32 Å². The van der Waals surface area contributed by atoms with E-state index in [0.29, 0.717) is 0 Å². The van der Waals surface area contributed by atoms with Crippen molar-refractivity contribution in [2.45, 2.75) is 33.1 Å². The van der Waals surface area contributed by atoms with Gasteiger partial charge in [-0.1, -0.05) is 23.8 Å². The standard InChI is InChI=1S/C19H31N3O/c1-15-5-8-18(16(2)13-15)9-10-21-19(20-3)22(4)11-12-23-14-17-6-7-17/h5,8,13,17H,6-7,9-12,14H2,1-4H3,(H,20,21). The fraction of sp³-hybridized carbons (Fsp3) is 0.632. The highest BCUT2D eigenvalue weighted by atomic mass is 16.5. The minimum Gasteiger partial charge on any atom is -0.379 e. The van der Waals surface area contributed by atoms with Gasteiger partial charge in [-0.05, 0) is 50.2 Å². The molecule has 1 saturated carbocycles. The molecule has 4 nitrogen and oxygen atoms in total. The van der Waals surface area contributed by atoms with Crippen LogP contribution in [0.15, 0.2) is 23.2 Å². The Morgan fingerprint density at radius 1 is 1.35 bits per heavy atom. The van der Waals surface area contributed by atoms with Gasteiger partial charge in [0.15, 0.2) is 5.96 Å². The maximum absolute atomic E-state index is 5.70. The Kier molecular flexibility index (Phi) is 6.90. The molecular weight excluding hydrogens is 286 g/mol. The summed E-state index contributed by atoms with van der Waals surface area (Å²) >= 11 is 0. The first-order chi connectivity index (χ1) is 11.1. The number of aliphatic imine (C=N–C) groups is 1. The highest BCUT2D eigenvalue weighted by Gasteiger charge is 2.21. The molecule has 1 N–H and O–H groups in total. The summed E-state index contributed by atoms with van der Waals surface area (Å²) in [6.07, 6.45) is 3.70. The van der Waals surface area contributed by atoms with E-state index in [1.54, 1.807) is 0 Å². The van der Waals surface area contributed by atoms with E-state index in [1.807, 2.05) is 7.05 Å². The maximum atomic E-state index is 5.70. The van der Waals surface area contributed by atoms with Crippen molar-refractivity contribution < 1.29 is 4.74 Å². The predicted molar refractivity (Wildman–Crippen MR) is 97.2 cm³/mol. The second-order valence-electron chi connectivity index (χ2n) is 6.59.